The normalized spacial score (nSPS) is 17.3. The summed E-state index contributed by atoms with van der Waals surface area (Å²) in [5, 5.41) is 3.12. The van der Waals surface area contributed by atoms with Gasteiger partial charge in [0.15, 0.2) is 0 Å². The Bertz CT molecular complexity index is 725. The maximum absolute atomic E-state index is 13.1. The second-order valence-corrected chi connectivity index (χ2v) is 7.33. The van der Waals surface area contributed by atoms with Crippen LogP contribution in [0.3, 0.4) is 0 Å². The molecule has 1 aromatic heterocycles. The van der Waals surface area contributed by atoms with E-state index in [1.807, 2.05) is 19.1 Å². The summed E-state index contributed by atoms with van der Waals surface area (Å²) in [7, 11) is 1.65. The van der Waals surface area contributed by atoms with Gasteiger partial charge in [0.05, 0.1) is 12.0 Å². The molecule has 1 N–H and O–H groups in total. The zero-order valence-corrected chi connectivity index (χ0v) is 16.1. The number of aromatic nitrogens is 1. The van der Waals surface area contributed by atoms with Gasteiger partial charge in [-0.15, -0.1) is 0 Å². The Hall–Kier alpha value is -2.24. The van der Waals surface area contributed by atoms with E-state index in [1.165, 1.54) is 5.56 Å². The quantitative estimate of drug-likeness (QED) is 0.815. The molecule has 2 heterocycles. The molecule has 0 spiro atoms. The summed E-state index contributed by atoms with van der Waals surface area (Å²) in [5.41, 5.74) is 3.05. The van der Waals surface area contributed by atoms with Gasteiger partial charge in [-0.1, -0.05) is 24.3 Å². The van der Waals surface area contributed by atoms with Crippen molar-refractivity contribution in [2.75, 3.05) is 26.9 Å². The van der Waals surface area contributed by atoms with E-state index in [9.17, 15) is 4.79 Å². The van der Waals surface area contributed by atoms with Gasteiger partial charge in [-0.05, 0) is 55.0 Å². The largest absolute Gasteiger partial charge is 0.383 e. The summed E-state index contributed by atoms with van der Waals surface area (Å²) in [5.74, 6) is 0.105. The minimum Gasteiger partial charge on any atom is -0.383 e. The molecule has 27 heavy (non-hydrogen) atoms. The lowest BCUT2D eigenvalue weighted by Crippen LogP contribution is -2.49. The molecular weight excluding hydrogens is 340 g/mol. The molecule has 1 atom stereocenters. The van der Waals surface area contributed by atoms with Crippen molar-refractivity contribution >= 4 is 5.91 Å². The van der Waals surface area contributed by atoms with Crippen LogP contribution in [0.25, 0.3) is 11.1 Å². The molecule has 1 aromatic carbocycles. The van der Waals surface area contributed by atoms with E-state index in [0.29, 0.717) is 19.8 Å². The van der Waals surface area contributed by atoms with Gasteiger partial charge >= 0.3 is 0 Å². The average molecular weight is 368 g/mol. The Morgan fingerprint density at radius 3 is 2.41 bits per heavy atom. The fourth-order valence-electron chi connectivity index (χ4n) is 3.66. The SMILES string of the molecule is COC[C@H](C)NC(=O)C1(Cc2ccc(-c3ccncc3)cc2)CCOCC1. The molecule has 0 aliphatic carbocycles. The van der Waals surface area contributed by atoms with Crippen LogP contribution < -0.4 is 5.32 Å². The smallest absolute Gasteiger partial charge is 0.227 e. The molecule has 1 amide bonds. The van der Waals surface area contributed by atoms with Crippen molar-refractivity contribution in [3.05, 3.63) is 54.4 Å². The number of nitrogens with zero attached hydrogens (tertiary/aromatic N) is 1. The monoisotopic (exact) mass is 368 g/mol. The van der Waals surface area contributed by atoms with Crippen LogP contribution in [0.2, 0.25) is 0 Å². The van der Waals surface area contributed by atoms with Gasteiger partial charge in [0.25, 0.3) is 0 Å². The number of hydrogen-bond donors (Lipinski definition) is 1. The van der Waals surface area contributed by atoms with Crippen LogP contribution in [-0.2, 0) is 20.7 Å². The second-order valence-electron chi connectivity index (χ2n) is 7.33. The fraction of sp³-hybridized carbons (Fsp3) is 0.455. The first-order chi connectivity index (χ1) is 13.1. The summed E-state index contributed by atoms with van der Waals surface area (Å²) >= 11 is 0. The summed E-state index contributed by atoms with van der Waals surface area (Å²) in [6.45, 7) is 3.74. The van der Waals surface area contributed by atoms with Crippen LogP contribution in [0.5, 0.6) is 0 Å². The highest BCUT2D eigenvalue weighted by molar-refractivity contribution is 5.83. The van der Waals surface area contributed by atoms with E-state index < -0.39 is 5.41 Å². The van der Waals surface area contributed by atoms with Crippen molar-refractivity contribution in [1.82, 2.24) is 10.3 Å². The topological polar surface area (TPSA) is 60.5 Å². The Balaban J connectivity index is 1.75. The summed E-state index contributed by atoms with van der Waals surface area (Å²) < 4.78 is 10.7. The highest BCUT2D eigenvalue weighted by Crippen LogP contribution is 2.35. The molecule has 2 aromatic rings. The molecule has 0 bridgehead atoms. The van der Waals surface area contributed by atoms with Crippen LogP contribution in [0.1, 0.15) is 25.3 Å². The number of rotatable bonds is 7. The number of methoxy groups -OCH3 is 1. The molecule has 144 valence electrons. The number of carbonyl (C=O) groups is 1. The number of carbonyl (C=O) groups excluding carboxylic acids is 1. The molecular formula is C22H28N2O3. The second kappa shape index (κ2) is 9.11. The molecule has 1 aliphatic heterocycles. The van der Waals surface area contributed by atoms with E-state index >= 15 is 0 Å². The van der Waals surface area contributed by atoms with Crippen molar-refractivity contribution in [1.29, 1.82) is 0 Å². The van der Waals surface area contributed by atoms with Crippen molar-refractivity contribution in [2.45, 2.75) is 32.2 Å². The maximum atomic E-state index is 13.1. The molecule has 1 fully saturated rings. The number of pyridine rings is 1. The summed E-state index contributed by atoms with van der Waals surface area (Å²) in [6, 6.07) is 12.5. The van der Waals surface area contributed by atoms with Gasteiger partial charge in [-0.3, -0.25) is 9.78 Å². The number of benzene rings is 1. The predicted molar refractivity (Wildman–Crippen MR) is 105 cm³/mol. The Morgan fingerprint density at radius 1 is 1.15 bits per heavy atom. The van der Waals surface area contributed by atoms with Crippen molar-refractivity contribution < 1.29 is 14.3 Å². The van der Waals surface area contributed by atoms with E-state index in [-0.39, 0.29) is 11.9 Å². The summed E-state index contributed by atoms with van der Waals surface area (Å²) in [6.07, 6.45) is 5.80. The zero-order chi connectivity index (χ0) is 19.1. The van der Waals surface area contributed by atoms with Crippen LogP contribution >= 0.6 is 0 Å². The van der Waals surface area contributed by atoms with E-state index in [0.717, 1.165) is 30.4 Å². The third kappa shape index (κ3) is 4.93. The van der Waals surface area contributed by atoms with Gasteiger partial charge in [-0.25, -0.2) is 0 Å². The first-order valence-electron chi connectivity index (χ1n) is 9.50. The molecule has 1 saturated heterocycles. The highest BCUT2D eigenvalue weighted by atomic mass is 16.5. The van der Waals surface area contributed by atoms with Gasteiger partial charge < -0.3 is 14.8 Å². The number of hydrogen-bond acceptors (Lipinski definition) is 4. The van der Waals surface area contributed by atoms with E-state index in [2.05, 4.69) is 34.6 Å². The first kappa shape index (κ1) is 19.5. The van der Waals surface area contributed by atoms with E-state index in [1.54, 1.807) is 19.5 Å². The molecule has 0 saturated carbocycles. The lowest BCUT2D eigenvalue weighted by molar-refractivity contribution is -0.137. The average Bonchev–Trinajstić information content (AvgIpc) is 2.70. The van der Waals surface area contributed by atoms with E-state index in [4.69, 9.17) is 9.47 Å². The number of nitrogens with one attached hydrogen (secondary N) is 1. The maximum Gasteiger partial charge on any atom is 0.227 e. The Kier molecular flexibility index (Phi) is 6.58. The van der Waals surface area contributed by atoms with Gasteiger partial charge in [0.2, 0.25) is 5.91 Å². The Labute approximate surface area is 161 Å². The van der Waals surface area contributed by atoms with Crippen LogP contribution in [-0.4, -0.2) is 43.9 Å². The van der Waals surface area contributed by atoms with Crippen LogP contribution in [0.15, 0.2) is 48.8 Å². The highest BCUT2D eigenvalue weighted by Gasteiger charge is 2.40. The minimum atomic E-state index is -0.418. The van der Waals surface area contributed by atoms with Gasteiger partial charge in [-0.2, -0.15) is 0 Å². The zero-order valence-electron chi connectivity index (χ0n) is 16.1. The Morgan fingerprint density at radius 2 is 1.78 bits per heavy atom. The lowest BCUT2D eigenvalue weighted by atomic mass is 9.74. The van der Waals surface area contributed by atoms with Crippen molar-refractivity contribution in [2.24, 2.45) is 5.41 Å². The molecule has 3 rings (SSSR count). The lowest BCUT2D eigenvalue weighted by Gasteiger charge is -2.36. The van der Waals surface area contributed by atoms with Crippen molar-refractivity contribution in [3.63, 3.8) is 0 Å². The van der Waals surface area contributed by atoms with Crippen LogP contribution in [0.4, 0.5) is 0 Å². The fourth-order valence-corrected chi connectivity index (χ4v) is 3.66. The molecule has 5 nitrogen and oxygen atoms in total. The number of amides is 1. The van der Waals surface area contributed by atoms with Crippen LogP contribution in [0, 0.1) is 5.41 Å². The standard InChI is InChI=1S/C22H28N2O3/c1-17(16-26-2)24-21(25)22(9-13-27-14-10-22)15-18-3-5-19(6-4-18)20-7-11-23-12-8-20/h3-8,11-12,17H,9-10,13-16H2,1-2H3,(H,24,25)/t17-/m0/s1. The minimum absolute atomic E-state index is 0.00344. The summed E-state index contributed by atoms with van der Waals surface area (Å²) in [4.78, 5) is 17.1. The van der Waals surface area contributed by atoms with Gasteiger partial charge in [0, 0.05) is 38.8 Å². The molecule has 5 heteroatoms. The van der Waals surface area contributed by atoms with Crippen molar-refractivity contribution in [3.8, 4) is 11.1 Å². The molecule has 1 aliphatic rings. The number of ether oxygens (including phenoxy) is 2. The predicted octanol–water partition coefficient (Wildman–Crippen LogP) is 3.24. The third-order valence-corrected chi connectivity index (χ3v) is 5.24. The molecule has 0 radical (unpaired) electrons. The van der Waals surface area contributed by atoms with Gasteiger partial charge in [0.1, 0.15) is 0 Å². The molecule has 0 unspecified atom stereocenters. The first-order valence-corrected chi connectivity index (χ1v) is 9.50. The third-order valence-electron chi connectivity index (χ3n) is 5.24.